The average Bonchev–Trinajstić information content (AvgIpc) is 2.86. The third kappa shape index (κ3) is 3.40. The van der Waals surface area contributed by atoms with Crippen LogP contribution in [0.1, 0.15) is 30.4 Å². The molecule has 2 atom stereocenters. The van der Waals surface area contributed by atoms with E-state index < -0.39 is 21.9 Å². The van der Waals surface area contributed by atoms with Crippen LogP contribution in [0.15, 0.2) is 23.1 Å². The Bertz CT molecular complexity index is 706. The number of nitrogens with one attached hydrogen (secondary N) is 1. The lowest BCUT2D eigenvalue weighted by atomic mass is 10.1. The minimum absolute atomic E-state index is 0.125. The van der Waals surface area contributed by atoms with Crippen LogP contribution in [0.4, 0.5) is 0 Å². The first-order valence-electron chi connectivity index (χ1n) is 6.59. The van der Waals surface area contributed by atoms with Crippen LogP contribution in [0.25, 0.3) is 0 Å². The highest BCUT2D eigenvalue weighted by molar-refractivity contribution is 7.89. The third-order valence-corrected chi connectivity index (χ3v) is 5.38. The minimum atomic E-state index is -3.70. The summed E-state index contributed by atoms with van der Waals surface area (Å²) in [5, 5.41) is 17.7. The Hall–Kier alpha value is -1.91. The Labute approximate surface area is 123 Å². The number of carboxylic acid groups (broad SMARTS) is 1. The van der Waals surface area contributed by atoms with Crippen LogP contribution in [0, 0.1) is 24.2 Å². The van der Waals surface area contributed by atoms with Gasteiger partial charge in [-0.25, -0.2) is 13.1 Å². The number of nitriles is 1. The van der Waals surface area contributed by atoms with E-state index in [9.17, 15) is 13.2 Å². The second-order valence-corrected chi connectivity index (χ2v) is 6.94. The Morgan fingerprint density at radius 3 is 2.67 bits per heavy atom. The summed E-state index contributed by atoms with van der Waals surface area (Å²) in [4.78, 5) is 11.0. The Balaban J connectivity index is 2.17. The first-order chi connectivity index (χ1) is 9.83. The van der Waals surface area contributed by atoms with Crippen molar-refractivity contribution < 1.29 is 18.3 Å². The van der Waals surface area contributed by atoms with E-state index in [2.05, 4.69) is 4.72 Å². The van der Waals surface area contributed by atoms with Crippen LogP contribution in [0.3, 0.4) is 0 Å². The Morgan fingerprint density at radius 1 is 1.43 bits per heavy atom. The molecule has 2 unspecified atom stereocenters. The van der Waals surface area contributed by atoms with Crippen molar-refractivity contribution in [2.24, 2.45) is 5.92 Å². The molecule has 1 aromatic carbocycles. The molecule has 21 heavy (non-hydrogen) atoms. The molecule has 7 heteroatoms. The summed E-state index contributed by atoms with van der Waals surface area (Å²) in [5.74, 6) is -1.37. The smallest absolute Gasteiger partial charge is 0.306 e. The van der Waals surface area contributed by atoms with Gasteiger partial charge in [0.15, 0.2) is 0 Å². The predicted molar refractivity (Wildman–Crippen MR) is 75.0 cm³/mol. The van der Waals surface area contributed by atoms with Crippen molar-refractivity contribution >= 4 is 16.0 Å². The van der Waals surface area contributed by atoms with Gasteiger partial charge in [-0.05, 0) is 49.9 Å². The number of sulfonamides is 1. The maximum atomic E-state index is 12.3. The van der Waals surface area contributed by atoms with Gasteiger partial charge in [0, 0.05) is 6.04 Å². The van der Waals surface area contributed by atoms with Crippen LogP contribution in [0.2, 0.25) is 0 Å². The molecule has 0 heterocycles. The van der Waals surface area contributed by atoms with Crippen LogP contribution in [-0.2, 0) is 14.8 Å². The third-order valence-electron chi connectivity index (χ3n) is 3.70. The number of nitrogens with zero attached hydrogens (tertiary/aromatic N) is 1. The summed E-state index contributed by atoms with van der Waals surface area (Å²) in [7, 11) is -3.70. The van der Waals surface area contributed by atoms with Crippen LogP contribution >= 0.6 is 0 Å². The molecular formula is C14H16N2O4S. The number of aryl methyl sites for hydroxylation is 1. The molecule has 2 rings (SSSR count). The van der Waals surface area contributed by atoms with E-state index in [1.165, 1.54) is 18.2 Å². The van der Waals surface area contributed by atoms with Crippen LogP contribution < -0.4 is 4.72 Å². The molecule has 2 N–H and O–H groups in total. The summed E-state index contributed by atoms with van der Waals surface area (Å²) in [6.45, 7) is 1.63. The van der Waals surface area contributed by atoms with Crippen molar-refractivity contribution in [1.82, 2.24) is 4.72 Å². The van der Waals surface area contributed by atoms with Gasteiger partial charge in [0.1, 0.15) is 0 Å². The number of hydrogen-bond acceptors (Lipinski definition) is 4. The van der Waals surface area contributed by atoms with Gasteiger partial charge in [-0.1, -0.05) is 0 Å². The lowest BCUT2D eigenvalue weighted by Crippen LogP contribution is -2.33. The molecular weight excluding hydrogens is 292 g/mol. The van der Waals surface area contributed by atoms with Gasteiger partial charge in [0.2, 0.25) is 10.0 Å². The average molecular weight is 308 g/mol. The van der Waals surface area contributed by atoms with Crippen molar-refractivity contribution in [3.05, 3.63) is 29.3 Å². The molecule has 112 valence electrons. The molecule has 0 spiro atoms. The summed E-state index contributed by atoms with van der Waals surface area (Å²) in [5.41, 5.74) is 0.896. The Kier molecular flexibility index (Phi) is 4.30. The maximum Gasteiger partial charge on any atom is 0.306 e. The van der Waals surface area contributed by atoms with Gasteiger partial charge >= 0.3 is 5.97 Å². The molecule has 0 radical (unpaired) electrons. The maximum absolute atomic E-state index is 12.3. The second-order valence-electron chi connectivity index (χ2n) is 5.26. The molecule has 0 aromatic heterocycles. The molecule has 0 amide bonds. The van der Waals surface area contributed by atoms with E-state index in [1.807, 2.05) is 6.07 Å². The van der Waals surface area contributed by atoms with Gasteiger partial charge in [-0.15, -0.1) is 0 Å². The molecule has 6 nitrogen and oxygen atoms in total. The number of rotatable bonds is 4. The number of benzene rings is 1. The lowest BCUT2D eigenvalue weighted by molar-refractivity contribution is -0.141. The SMILES string of the molecule is Cc1cc(C#N)ccc1S(=O)(=O)NC1CCC(C(=O)O)C1. The largest absolute Gasteiger partial charge is 0.481 e. The van der Waals surface area contributed by atoms with Crippen molar-refractivity contribution in [2.75, 3.05) is 0 Å². The molecule has 0 aliphatic heterocycles. The van der Waals surface area contributed by atoms with E-state index in [1.54, 1.807) is 6.92 Å². The van der Waals surface area contributed by atoms with Crippen molar-refractivity contribution in [2.45, 2.75) is 37.1 Å². The summed E-state index contributed by atoms with van der Waals surface area (Å²) in [6, 6.07) is 5.98. The zero-order valence-corrected chi connectivity index (χ0v) is 12.4. The topological polar surface area (TPSA) is 107 Å². The molecule has 1 aromatic rings. The quantitative estimate of drug-likeness (QED) is 0.874. The standard InChI is InChI=1S/C14H16N2O4S/c1-9-6-10(8-15)2-5-13(9)21(19,20)16-12-4-3-11(7-12)14(17)18/h2,5-6,11-12,16H,3-4,7H2,1H3,(H,17,18). The highest BCUT2D eigenvalue weighted by atomic mass is 32.2. The monoisotopic (exact) mass is 308 g/mol. The first-order valence-corrected chi connectivity index (χ1v) is 8.07. The predicted octanol–water partition coefficient (Wildman–Crippen LogP) is 1.40. The van der Waals surface area contributed by atoms with E-state index in [0.29, 0.717) is 30.4 Å². The zero-order valence-electron chi connectivity index (χ0n) is 11.5. The van der Waals surface area contributed by atoms with E-state index in [4.69, 9.17) is 10.4 Å². The van der Waals surface area contributed by atoms with E-state index >= 15 is 0 Å². The van der Waals surface area contributed by atoms with E-state index in [0.717, 1.165) is 0 Å². The fourth-order valence-corrected chi connectivity index (χ4v) is 4.13. The highest BCUT2D eigenvalue weighted by Gasteiger charge is 2.32. The zero-order chi connectivity index (χ0) is 15.6. The normalized spacial score (nSPS) is 21.9. The molecule has 0 bridgehead atoms. The number of carbonyl (C=O) groups is 1. The van der Waals surface area contributed by atoms with Gasteiger partial charge in [0.25, 0.3) is 0 Å². The summed E-state index contributed by atoms with van der Waals surface area (Å²) in [6.07, 6.45) is 1.31. The van der Waals surface area contributed by atoms with Crippen molar-refractivity contribution in [3.63, 3.8) is 0 Å². The number of carboxylic acids is 1. The van der Waals surface area contributed by atoms with Gasteiger partial charge in [-0.2, -0.15) is 5.26 Å². The van der Waals surface area contributed by atoms with Crippen LogP contribution in [-0.4, -0.2) is 25.5 Å². The molecule has 1 saturated carbocycles. The molecule has 1 fully saturated rings. The summed E-state index contributed by atoms with van der Waals surface area (Å²) >= 11 is 0. The molecule has 0 saturated heterocycles. The molecule has 1 aliphatic carbocycles. The Morgan fingerprint density at radius 2 is 2.14 bits per heavy atom. The minimum Gasteiger partial charge on any atom is -0.481 e. The van der Waals surface area contributed by atoms with Gasteiger partial charge in [-0.3, -0.25) is 4.79 Å². The molecule has 1 aliphatic rings. The van der Waals surface area contributed by atoms with Gasteiger partial charge < -0.3 is 5.11 Å². The fourth-order valence-electron chi connectivity index (χ4n) is 2.62. The lowest BCUT2D eigenvalue weighted by Gasteiger charge is -2.14. The summed E-state index contributed by atoms with van der Waals surface area (Å²) < 4.78 is 27.2. The van der Waals surface area contributed by atoms with Crippen LogP contribution in [0.5, 0.6) is 0 Å². The first kappa shape index (κ1) is 15.5. The fraction of sp³-hybridized carbons (Fsp3) is 0.429. The number of hydrogen-bond donors (Lipinski definition) is 2. The highest BCUT2D eigenvalue weighted by Crippen LogP contribution is 2.27. The van der Waals surface area contributed by atoms with Crippen molar-refractivity contribution in [1.29, 1.82) is 5.26 Å². The van der Waals surface area contributed by atoms with Gasteiger partial charge in [0.05, 0.1) is 22.4 Å². The van der Waals surface area contributed by atoms with Crippen molar-refractivity contribution in [3.8, 4) is 6.07 Å². The van der Waals surface area contributed by atoms with E-state index in [-0.39, 0.29) is 10.9 Å². The second kappa shape index (κ2) is 5.84. The number of aliphatic carboxylic acids is 1.